The van der Waals surface area contributed by atoms with Crippen LogP contribution >= 0.6 is 0 Å². The Hall–Kier alpha value is -5.60. The molecule has 292 valence electrons. The smallest absolute Gasteiger partial charge is 0.0543 e. The van der Waals surface area contributed by atoms with Crippen molar-refractivity contribution in [1.29, 1.82) is 0 Å². The van der Waals surface area contributed by atoms with E-state index in [9.17, 15) is 0 Å². The Bertz CT molecular complexity index is 2760. The molecule has 0 atom stereocenters. The Balaban J connectivity index is 1.48. The fourth-order valence-corrected chi connectivity index (χ4v) is 10.5. The van der Waals surface area contributed by atoms with Gasteiger partial charge in [0.2, 0.25) is 0 Å². The van der Waals surface area contributed by atoms with Crippen LogP contribution in [0, 0.1) is 55.4 Å². The number of hydrogen-bond acceptors (Lipinski definition) is 2. The third-order valence-electron chi connectivity index (χ3n) is 12.8. The quantitative estimate of drug-likeness (QED) is 0.149. The van der Waals surface area contributed by atoms with Crippen LogP contribution in [0.4, 0.5) is 34.1 Å². The summed E-state index contributed by atoms with van der Waals surface area (Å²) in [5.41, 5.74) is 21.9. The van der Waals surface area contributed by atoms with E-state index in [2.05, 4.69) is 196 Å². The van der Waals surface area contributed by atoms with Gasteiger partial charge in [-0.1, -0.05) is 64.1 Å². The van der Waals surface area contributed by atoms with E-state index in [0.29, 0.717) is 5.92 Å². The zero-order valence-corrected chi connectivity index (χ0v) is 36.7. The molecule has 0 heterocycles. The molecule has 1 aliphatic carbocycles. The first-order chi connectivity index (χ1) is 27.6. The summed E-state index contributed by atoms with van der Waals surface area (Å²) in [5, 5.41) is 8.26. The van der Waals surface area contributed by atoms with Gasteiger partial charge in [-0.05, 0) is 224 Å². The van der Waals surface area contributed by atoms with Gasteiger partial charge in [-0.3, -0.25) is 0 Å². The van der Waals surface area contributed by atoms with Gasteiger partial charge in [-0.15, -0.1) is 0 Å². The Morgan fingerprint density at radius 2 is 0.828 bits per heavy atom. The van der Waals surface area contributed by atoms with Crippen molar-refractivity contribution in [1.82, 2.24) is 0 Å². The fraction of sp³-hybridized carbons (Fsp3) is 0.286. The first-order valence-corrected chi connectivity index (χ1v) is 21.3. The average Bonchev–Trinajstić information content (AvgIpc) is 3.12. The van der Waals surface area contributed by atoms with Gasteiger partial charge in [0.25, 0.3) is 0 Å². The van der Waals surface area contributed by atoms with Crippen molar-refractivity contribution in [3.8, 4) is 0 Å². The molecule has 0 radical (unpaired) electrons. The van der Waals surface area contributed by atoms with Gasteiger partial charge in [-0.25, -0.2) is 0 Å². The molecule has 2 heteroatoms. The van der Waals surface area contributed by atoms with Crippen LogP contribution in [0.25, 0.3) is 32.3 Å². The van der Waals surface area contributed by atoms with Crippen molar-refractivity contribution in [2.45, 2.75) is 107 Å². The molecule has 0 saturated carbocycles. The van der Waals surface area contributed by atoms with Gasteiger partial charge in [0.15, 0.2) is 0 Å². The van der Waals surface area contributed by atoms with Gasteiger partial charge in [-0.2, -0.15) is 0 Å². The Kier molecular flexibility index (Phi) is 9.00. The van der Waals surface area contributed by atoms with Gasteiger partial charge >= 0.3 is 0 Å². The second-order valence-corrected chi connectivity index (χ2v) is 18.9. The number of nitrogens with zero attached hydrogens (tertiary/aromatic N) is 2. The summed E-state index contributed by atoms with van der Waals surface area (Å²) in [6.07, 6.45) is 2.16. The van der Waals surface area contributed by atoms with Crippen molar-refractivity contribution in [2.24, 2.45) is 0 Å². The lowest BCUT2D eigenvalue weighted by atomic mass is 9.70. The average molecular weight is 759 g/mol. The first kappa shape index (κ1) is 37.9. The molecule has 0 aromatic heterocycles. The molecule has 1 aliphatic rings. The van der Waals surface area contributed by atoms with E-state index in [1.165, 1.54) is 128 Å². The fourth-order valence-electron chi connectivity index (χ4n) is 10.5. The summed E-state index contributed by atoms with van der Waals surface area (Å²) in [4.78, 5) is 5.13. The summed E-state index contributed by atoms with van der Waals surface area (Å²) < 4.78 is 0. The van der Waals surface area contributed by atoms with Crippen LogP contribution < -0.4 is 9.80 Å². The second-order valence-electron chi connectivity index (χ2n) is 18.9. The predicted molar refractivity (Wildman–Crippen MR) is 253 cm³/mol. The Morgan fingerprint density at radius 3 is 1.24 bits per heavy atom. The maximum Gasteiger partial charge on any atom is 0.0543 e. The van der Waals surface area contributed by atoms with Crippen molar-refractivity contribution >= 4 is 66.4 Å². The standard InChI is InChI=1S/C56H58N2/c1-32(2)48-31-52(58(44-25-37(7)19-38(8)26-44)45-27-39(9)20-40(10)28-45)49-30-50-53-41(15-16-56(50,11)12)29-51(47-14-13-46(48)54(49)55(47)53)57(42-21-33(3)17-34(4)22-42)43-23-35(5)18-36(6)24-43/h13-14,17-32H,15-16H2,1-12H3. The molecule has 0 fully saturated rings. The molecule has 0 N–H and O–H groups in total. The largest absolute Gasteiger partial charge is 0.310 e. The molecular formula is C56H58N2. The number of anilines is 6. The van der Waals surface area contributed by atoms with E-state index >= 15 is 0 Å². The van der Waals surface area contributed by atoms with Crippen molar-refractivity contribution in [3.63, 3.8) is 0 Å². The van der Waals surface area contributed by atoms with Crippen LogP contribution in [0.1, 0.15) is 101 Å². The minimum absolute atomic E-state index is 0.0148. The first-order valence-electron chi connectivity index (χ1n) is 21.3. The zero-order chi connectivity index (χ0) is 40.9. The number of benzene rings is 8. The molecule has 0 amide bonds. The number of rotatable bonds is 7. The van der Waals surface area contributed by atoms with Crippen LogP contribution in [0.15, 0.2) is 103 Å². The van der Waals surface area contributed by atoms with E-state index < -0.39 is 0 Å². The topological polar surface area (TPSA) is 6.48 Å². The van der Waals surface area contributed by atoms with Crippen LogP contribution in [0.3, 0.4) is 0 Å². The summed E-state index contributed by atoms with van der Waals surface area (Å²) in [6.45, 7) is 27.5. The maximum absolute atomic E-state index is 2.61. The maximum atomic E-state index is 2.61. The second kappa shape index (κ2) is 13.8. The minimum Gasteiger partial charge on any atom is -0.310 e. The third-order valence-corrected chi connectivity index (χ3v) is 12.8. The number of aryl methyl sites for hydroxylation is 9. The molecule has 0 aliphatic heterocycles. The summed E-state index contributed by atoms with van der Waals surface area (Å²) in [6, 6.07) is 40.7. The molecule has 0 bridgehead atoms. The monoisotopic (exact) mass is 758 g/mol. The van der Waals surface area contributed by atoms with Crippen molar-refractivity contribution in [3.05, 3.63) is 164 Å². The highest BCUT2D eigenvalue weighted by atomic mass is 15.2. The summed E-state index contributed by atoms with van der Waals surface area (Å²) in [5.74, 6) is 0.327. The molecule has 58 heavy (non-hydrogen) atoms. The molecule has 0 unspecified atom stereocenters. The van der Waals surface area contributed by atoms with E-state index in [1.807, 2.05) is 0 Å². The van der Waals surface area contributed by atoms with Crippen LogP contribution in [0.2, 0.25) is 0 Å². The zero-order valence-electron chi connectivity index (χ0n) is 36.7. The van der Waals surface area contributed by atoms with Crippen LogP contribution in [-0.2, 0) is 11.8 Å². The van der Waals surface area contributed by atoms with Crippen LogP contribution in [0.5, 0.6) is 0 Å². The lowest BCUT2D eigenvalue weighted by molar-refractivity contribution is 0.475. The lowest BCUT2D eigenvalue weighted by Crippen LogP contribution is -2.24. The minimum atomic E-state index is 0.0148. The number of hydrogen-bond donors (Lipinski definition) is 0. The SMILES string of the molecule is Cc1cc(C)cc(N(c2cc(C)cc(C)c2)c2cc(C(C)C)c3ccc4c(N(c5cc(C)cc(C)c5)c5cc(C)cc(C)c5)cc5c6c(cc2c3c46)C(C)(C)CC5)c1. The lowest BCUT2D eigenvalue weighted by Gasteiger charge is -2.37. The van der Waals surface area contributed by atoms with Gasteiger partial charge in [0.1, 0.15) is 0 Å². The van der Waals surface area contributed by atoms with E-state index in [-0.39, 0.29) is 5.41 Å². The van der Waals surface area contributed by atoms with Gasteiger partial charge in [0.05, 0.1) is 11.4 Å². The molecular weight excluding hydrogens is 701 g/mol. The Morgan fingerprint density at radius 1 is 0.431 bits per heavy atom. The van der Waals surface area contributed by atoms with E-state index in [0.717, 1.165) is 12.8 Å². The normalized spacial score (nSPS) is 13.7. The Labute approximate surface area is 346 Å². The van der Waals surface area contributed by atoms with Crippen LogP contribution in [-0.4, -0.2) is 0 Å². The van der Waals surface area contributed by atoms with Crippen molar-refractivity contribution < 1.29 is 0 Å². The summed E-state index contributed by atoms with van der Waals surface area (Å²) >= 11 is 0. The highest BCUT2D eigenvalue weighted by Crippen LogP contribution is 2.54. The molecule has 9 rings (SSSR count). The highest BCUT2D eigenvalue weighted by molar-refractivity contribution is 6.30. The predicted octanol–water partition coefficient (Wildman–Crippen LogP) is 16.3. The molecule has 2 nitrogen and oxygen atoms in total. The van der Waals surface area contributed by atoms with E-state index in [1.54, 1.807) is 0 Å². The third kappa shape index (κ3) is 6.33. The molecule has 0 saturated heterocycles. The van der Waals surface area contributed by atoms with Crippen molar-refractivity contribution in [2.75, 3.05) is 9.80 Å². The van der Waals surface area contributed by atoms with E-state index in [4.69, 9.17) is 0 Å². The molecule has 8 aromatic carbocycles. The van der Waals surface area contributed by atoms with Gasteiger partial charge < -0.3 is 9.80 Å². The highest BCUT2D eigenvalue weighted by Gasteiger charge is 2.34. The molecule has 0 spiro atoms. The molecule has 8 aromatic rings. The summed E-state index contributed by atoms with van der Waals surface area (Å²) in [7, 11) is 0. The van der Waals surface area contributed by atoms with Gasteiger partial charge in [0, 0.05) is 38.9 Å².